The molecule has 15 heteroatoms. The molecule has 0 aliphatic heterocycles. The number of nitrogens with one attached hydrogen (secondary N) is 2. The largest absolute Gasteiger partial charge is 0.369 e. The Hall–Kier alpha value is -7.68. The number of benzene rings is 4. The molecule has 0 bridgehead atoms. The molecule has 0 unspecified atom stereocenters. The molecule has 5 aromatic heterocycles. The minimum atomic E-state index is -3.73. The maximum atomic E-state index is 12.3. The van der Waals surface area contributed by atoms with Gasteiger partial charge in [0.25, 0.3) is 0 Å². The summed E-state index contributed by atoms with van der Waals surface area (Å²) in [6.45, 7) is 1.01. The number of nitrogens with two attached hydrogens (primary N) is 1. The fraction of sp³-hybridized carbons (Fsp3) is 0.0833. The molecule has 1 amide bonds. The summed E-state index contributed by atoms with van der Waals surface area (Å²) in [6, 6.07) is 45.3. The maximum absolute atomic E-state index is 12.3. The van der Waals surface area contributed by atoms with E-state index in [-0.39, 0.29) is 11.0 Å². The van der Waals surface area contributed by atoms with E-state index < -0.39 is 21.5 Å². The third-order valence-corrected chi connectivity index (χ3v) is 11.4. The Bertz CT molecular complexity index is 3130. The molecule has 9 aromatic rings. The first-order chi connectivity index (χ1) is 30.7. The highest BCUT2D eigenvalue weighted by Gasteiger charge is 2.19. The lowest BCUT2D eigenvalue weighted by molar-refractivity contribution is -0.115. The van der Waals surface area contributed by atoms with Crippen molar-refractivity contribution in [3.8, 4) is 33.6 Å². The SMILES string of the molecule is Clc1nc(NCc2ccccn2)c2c(-c3ccccc3)cccc2n1.NC(=O)CS(=O)(=O)Cc1cncc(-c2nc(NCc3ccccn3)c3c(-c4ccccc4)cccc3n2)c1. The third-order valence-electron chi connectivity index (χ3n) is 9.72. The number of sulfone groups is 1. The zero-order valence-electron chi connectivity index (χ0n) is 33.6. The second kappa shape index (κ2) is 19.4. The molecule has 13 nitrogen and oxygen atoms in total. The summed E-state index contributed by atoms with van der Waals surface area (Å²) in [5.74, 6) is -0.291. The Balaban J connectivity index is 0.000000188. The Morgan fingerprint density at radius 3 is 1.67 bits per heavy atom. The summed E-state index contributed by atoms with van der Waals surface area (Å²) in [5, 5.41) is 8.80. The van der Waals surface area contributed by atoms with Crippen LogP contribution in [0.4, 0.5) is 11.6 Å². The van der Waals surface area contributed by atoms with Crippen molar-refractivity contribution in [1.29, 1.82) is 0 Å². The van der Waals surface area contributed by atoms with Crippen LogP contribution in [0.15, 0.2) is 164 Å². The van der Waals surface area contributed by atoms with Gasteiger partial charge in [0, 0.05) is 30.4 Å². The van der Waals surface area contributed by atoms with Crippen LogP contribution in [-0.4, -0.2) is 55.0 Å². The number of fused-ring (bicyclic) bond motifs is 2. The minimum Gasteiger partial charge on any atom is -0.369 e. The number of anilines is 2. The van der Waals surface area contributed by atoms with E-state index in [0.717, 1.165) is 49.9 Å². The fourth-order valence-corrected chi connectivity index (χ4v) is 8.38. The van der Waals surface area contributed by atoms with E-state index in [1.54, 1.807) is 24.7 Å². The van der Waals surface area contributed by atoms with Crippen molar-refractivity contribution in [2.24, 2.45) is 5.73 Å². The number of amides is 1. The zero-order chi connectivity index (χ0) is 43.6. The first-order valence-corrected chi connectivity index (χ1v) is 22.0. The normalized spacial score (nSPS) is 11.1. The molecule has 0 saturated carbocycles. The number of pyridine rings is 3. The highest BCUT2D eigenvalue weighted by molar-refractivity contribution is 7.91. The summed E-state index contributed by atoms with van der Waals surface area (Å²) in [7, 11) is -3.73. The molecule has 312 valence electrons. The Labute approximate surface area is 368 Å². The van der Waals surface area contributed by atoms with Crippen LogP contribution in [0.1, 0.15) is 17.0 Å². The summed E-state index contributed by atoms with van der Waals surface area (Å²) < 4.78 is 24.6. The van der Waals surface area contributed by atoms with Gasteiger partial charge in [0.15, 0.2) is 15.7 Å². The van der Waals surface area contributed by atoms with E-state index >= 15 is 0 Å². The van der Waals surface area contributed by atoms with Gasteiger partial charge >= 0.3 is 0 Å². The van der Waals surface area contributed by atoms with Crippen LogP contribution < -0.4 is 16.4 Å². The molecule has 0 fully saturated rings. The van der Waals surface area contributed by atoms with E-state index in [1.807, 2.05) is 115 Å². The summed E-state index contributed by atoms with van der Waals surface area (Å²) >= 11 is 6.13. The summed E-state index contributed by atoms with van der Waals surface area (Å²) in [5.41, 5.74) is 13.5. The highest BCUT2D eigenvalue weighted by atomic mass is 35.5. The van der Waals surface area contributed by atoms with Gasteiger partial charge in [-0.25, -0.2) is 28.4 Å². The van der Waals surface area contributed by atoms with Crippen molar-refractivity contribution in [1.82, 2.24) is 34.9 Å². The number of aromatic nitrogens is 7. The van der Waals surface area contributed by atoms with Crippen LogP contribution in [0.5, 0.6) is 0 Å². The van der Waals surface area contributed by atoms with Crippen LogP contribution in [0.3, 0.4) is 0 Å². The number of primary amides is 1. The Morgan fingerprint density at radius 2 is 1.13 bits per heavy atom. The molecule has 63 heavy (non-hydrogen) atoms. The van der Waals surface area contributed by atoms with Gasteiger partial charge in [0.2, 0.25) is 11.2 Å². The molecule has 0 aliphatic rings. The van der Waals surface area contributed by atoms with Crippen LogP contribution in [-0.2, 0) is 33.5 Å². The van der Waals surface area contributed by atoms with Crippen LogP contribution in [0.2, 0.25) is 5.28 Å². The molecule has 0 saturated heterocycles. The maximum Gasteiger partial charge on any atom is 0.232 e. The molecule has 0 spiro atoms. The number of carbonyl (C=O) groups excluding carboxylic acids is 1. The Kier molecular flexibility index (Phi) is 12.9. The second-order valence-electron chi connectivity index (χ2n) is 14.3. The van der Waals surface area contributed by atoms with Gasteiger partial charge in [-0.2, -0.15) is 0 Å². The van der Waals surface area contributed by atoms with Gasteiger partial charge in [0.1, 0.15) is 17.4 Å². The fourth-order valence-electron chi connectivity index (χ4n) is 7.00. The lowest BCUT2D eigenvalue weighted by atomic mass is 10.0. The first-order valence-electron chi connectivity index (χ1n) is 19.8. The summed E-state index contributed by atoms with van der Waals surface area (Å²) in [6.07, 6.45) is 6.53. The van der Waals surface area contributed by atoms with Gasteiger partial charge in [-0.15, -0.1) is 0 Å². The van der Waals surface area contributed by atoms with Gasteiger partial charge in [0.05, 0.1) is 52.0 Å². The number of hydrogen-bond donors (Lipinski definition) is 3. The summed E-state index contributed by atoms with van der Waals surface area (Å²) in [4.78, 5) is 42.5. The number of rotatable bonds is 13. The predicted molar refractivity (Wildman–Crippen MR) is 248 cm³/mol. The van der Waals surface area contributed by atoms with Crippen LogP contribution >= 0.6 is 11.6 Å². The zero-order valence-corrected chi connectivity index (χ0v) is 35.2. The molecule has 5 heterocycles. The van der Waals surface area contributed by atoms with Gasteiger partial charge < -0.3 is 16.4 Å². The molecule has 4 aromatic carbocycles. The van der Waals surface area contributed by atoms with Crippen molar-refractivity contribution in [3.05, 3.63) is 187 Å². The molecular formula is C48H39ClN10O3S. The van der Waals surface area contributed by atoms with E-state index in [2.05, 4.69) is 53.8 Å². The average molecular weight is 871 g/mol. The molecule has 9 rings (SSSR count). The Morgan fingerprint density at radius 1 is 0.587 bits per heavy atom. The van der Waals surface area contributed by atoms with E-state index in [1.165, 1.54) is 6.20 Å². The quantitative estimate of drug-likeness (QED) is 0.0936. The van der Waals surface area contributed by atoms with Crippen molar-refractivity contribution < 1.29 is 13.2 Å². The number of nitrogens with zero attached hydrogens (tertiary/aromatic N) is 7. The minimum absolute atomic E-state index is 0.223. The molecule has 0 atom stereocenters. The van der Waals surface area contributed by atoms with Gasteiger partial charge in [-0.3, -0.25) is 19.7 Å². The van der Waals surface area contributed by atoms with E-state index in [9.17, 15) is 13.2 Å². The first kappa shape index (κ1) is 42.0. The van der Waals surface area contributed by atoms with Crippen molar-refractivity contribution in [2.75, 3.05) is 16.4 Å². The topological polar surface area (TPSA) is 192 Å². The van der Waals surface area contributed by atoms with Crippen molar-refractivity contribution in [3.63, 3.8) is 0 Å². The molecule has 0 radical (unpaired) electrons. The molecule has 0 aliphatic carbocycles. The lowest BCUT2D eigenvalue weighted by Gasteiger charge is -2.14. The smallest absolute Gasteiger partial charge is 0.232 e. The highest BCUT2D eigenvalue weighted by Crippen LogP contribution is 2.35. The van der Waals surface area contributed by atoms with Gasteiger partial charge in [-0.05, 0) is 81.9 Å². The lowest BCUT2D eigenvalue weighted by Crippen LogP contribution is -2.24. The monoisotopic (exact) mass is 870 g/mol. The standard InChI is InChI=1S/C28H24N6O3S.C20H15ClN4/c29-25(35)18-38(36,37)17-19-13-21(15-30-14-19)27-33-24-11-6-10-23(20-7-2-1-3-8-20)26(24)28(34-27)32-16-22-9-4-5-12-31-22;21-20-24-17-11-6-10-16(14-7-2-1-3-8-14)18(17)19(25-20)23-13-15-9-4-5-12-22-15/h1-15H,16-18H2,(H2,29,35)(H,32,33,34);1-12H,13H2,(H,23,24,25). The third kappa shape index (κ3) is 10.6. The number of halogens is 1. The van der Waals surface area contributed by atoms with Crippen molar-refractivity contribution >= 4 is 60.8 Å². The molecular weight excluding hydrogens is 832 g/mol. The second-order valence-corrected chi connectivity index (χ2v) is 16.7. The van der Waals surface area contributed by atoms with Gasteiger partial charge in [-0.1, -0.05) is 97.1 Å². The van der Waals surface area contributed by atoms with Crippen LogP contribution in [0.25, 0.3) is 55.4 Å². The van der Waals surface area contributed by atoms with Crippen LogP contribution in [0, 0.1) is 0 Å². The van der Waals surface area contributed by atoms with E-state index in [4.69, 9.17) is 27.3 Å². The predicted octanol–water partition coefficient (Wildman–Crippen LogP) is 8.72. The van der Waals surface area contributed by atoms with Crippen molar-refractivity contribution in [2.45, 2.75) is 18.8 Å². The average Bonchev–Trinajstić information content (AvgIpc) is 3.30. The van der Waals surface area contributed by atoms with E-state index in [0.29, 0.717) is 47.2 Å². The molecule has 4 N–H and O–H groups in total. The number of carbonyl (C=O) groups is 1. The number of hydrogen-bond acceptors (Lipinski definition) is 12.